The van der Waals surface area contributed by atoms with E-state index in [0.29, 0.717) is 0 Å². The van der Waals surface area contributed by atoms with Crippen molar-refractivity contribution in [1.29, 1.82) is 0 Å². The van der Waals surface area contributed by atoms with E-state index in [1.807, 2.05) is 36.4 Å². The highest BCUT2D eigenvalue weighted by Gasteiger charge is 1.93. The van der Waals surface area contributed by atoms with E-state index in [4.69, 9.17) is 0 Å². The van der Waals surface area contributed by atoms with Crippen molar-refractivity contribution in [2.24, 2.45) is 11.5 Å². The highest BCUT2D eigenvalue weighted by Crippen LogP contribution is 1.79. The number of rotatable bonds is 2. The van der Waals surface area contributed by atoms with Crippen molar-refractivity contribution in [2.45, 2.75) is 37.1 Å². The molecule has 1 aromatic carbocycles. The summed E-state index contributed by atoms with van der Waals surface area (Å²) in [6.45, 7) is 0. The third-order valence-electron chi connectivity index (χ3n) is 0.996. The average Bonchev–Trinajstić information content (AvgIpc) is 2.29. The van der Waals surface area contributed by atoms with Crippen LogP contribution in [-0.4, -0.2) is 20.5 Å². The fourth-order valence-electron chi connectivity index (χ4n) is 0.532. The number of nitrogens with two attached hydrogens (primary N) is 2. The Morgan fingerprint density at radius 1 is 0.680 bits per heavy atom. The number of benzene rings is 1. The average molecular weight is 403 g/mol. The Balaban J connectivity index is -0.0000000354. The molecule has 0 saturated carbocycles. The lowest BCUT2D eigenvalue weighted by Crippen LogP contribution is -2.16. The first kappa shape index (κ1) is 43.3. The first-order chi connectivity index (χ1) is 9.25. The van der Waals surface area contributed by atoms with Gasteiger partial charge in [0.05, 0.1) is 0 Å². The van der Waals surface area contributed by atoms with Gasteiger partial charge in [0.15, 0.2) is 0 Å². The molecule has 4 N–H and O–H groups in total. The van der Waals surface area contributed by atoms with E-state index in [0.717, 1.165) is 0 Å². The van der Waals surface area contributed by atoms with E-state index in [1.165, 1.54) is 0 Å². The Labute approximate surface area is 160 Å². The second-order valence-electron chi connectivity index (χ2n) is 2.42. The molecule has 0 atom stereocenters. The molecule has 10 nitrogen and oxygen atoms in total. The van der Waals surface area contributed by atoms with Gasteiger partial charge in [-0.2, -0.15) is 0 Å². The second kappa shape index (κ2) is 29.4. The summed E-state index contributed by atoms with van der Waals surface area (Å²) in [5, 5.41) is 15.2. The lowest BCUT2D eigenvalue weighted by molar-refractivity contribution is -0.723. The van der Waals surface area contributed by atoms with Gasteiger partial charge >= 0.3 is 10.2 Å². The molecule has 0 fully saturated rings. The molecule has 12 heteroatoms. The monoisotopic (exact) mass is 402 g/mol. The van der Waals surface area contributed by atoms with Crippen molar-refractivity contribution in [1.82, 2.24) is 0 Å². The third-order valence-corrected chi connectivity index (χ3v) is 1.14. The molecule has 0 aliphatic heterocycles. The number of hydrogen-bond donors (Lipinski definition) is 2. The summed E-state index contributed by atoms with van der Waals surface area (Å²) in [6, 6.07) is 12.0. The van der Waals surface area contributed by atoms with E-state index >= 15 is 0 Å². The van der Waals surface area contributed by atoms with Crippen LogP contribution in [-0.2, 0) is 9.68 Å². The number of hydrogen-bond acceptors (Lipinski definition) is 8. The summed E-state index contributed by atoms with van der Waals surface area (Å²) in [4.78, 5) is 25.4. The Morgan fingerprint density at radius 3 is 0.880 bits per heavy atom. The highest BCUT2D eigenvalue weighted by molar-refractivity contribution is 7.80. The smallest absolute Gasteiger partial charge is 0.302 e. The van der Waals surface area contributed by atoms with Gasteiger partial charge in [0.25, 0.3) is 10.3 Å². The molecule has 0 saturated heterocycles. The molecule has 150 valence electrons. The molecule has 0 aliphatic rings. The summed E-state index contributed by atoms with van der Waals surface area (Å²) in [5.41, 5.74) is 9.12. The van der Waals surface area contributed by atoms with E-state index in [9.17, 15) is 20.2 Å². The standard InChI is InChI=1S/C6H6.2CH2N2O3S.5CH4/c1-2-4-6-5-3-1;2*2-1(7)6-3(4)5;;;;;/h1-6H;2*(H2,2,7);5*1H4. The van der Waals surface area contributed by atoms with Crippen LogP contribution in [0.4, 0.5) is 0 Å². The van der Waals surface area contributed by atoms with Crippen molar-refractivity contribution in [3.63, 3.8) is 0 Å². The molecule has 0 aliphatic carbocycles. The fourth-order valence-corrected chi connectivity index (χ4v) is 0.654. The van der Waals surface area contributed by atoms with Gasteiger partial charge in [-0.3, -0.25) is 0 Å². The molecule has 0 radical (unpaired) electrons. The van der Waals surface area contributed by atoms with Crippen LogP contribution >= 0.6 is 24.4 Å². The van der Waals surface area contributed by atoms with Crippen LogP contribution in [0.15, 0.2) is 36.4 Å². The Hall–Kier alpha value is -2.60. The summed E-state index contributed by atoms with van der Waals surface area (Å²) < 4.78 is 0. The minimum absolute atomic E-state index is 0. The molecule has 25 heavy (non-hydrogen) atoms. The lowest BCUT2D eigenvalue weighted by Gasteiger charge is -1.86. The predicted octanol–water partition coefficient (Wildman–Crippen LogP) is 3.74. The Morgan fingerprint density at radius 2 is 0.840 bits per heavy atom. The first-order valence-corrected chi connectivity index (χ1v) is 5.31. The molecule has 0 bridgehead atoms. The van der Waals surface area contributed by atoms with Gasteiger partial charge in [0, 0.05) is 0 Å². The minimum Gasteiger partial charge on any atom is -0.371 e. The topological polar surface area (TPSA) is 157 Å². The van der Waals surface area contributed by atoms with Gasteiger partial charge in [0.2, 0.25) is 0 Å². The number of nitrogens with zero attached hydrogens (tertiary/aromatic N) is 2. The molecule has 0 heterocycles. The third kappa shape index (κ3) is 62.0. The van der Waals surface area contributed by atoms with Gasteiger partial charge in [-0.05, 0) is 24.4 Å². The molecule has 0 amide bonds. The molecule has 0 aromatic heterocycles. The Kier molecular flexibility index (Phi) is 50.9. The highest BCUT2D eigenvalue weighted by atomic mass is 32.1. The summed E-state index contributed by atoms with van der Waals surface area (Å²) in [7, 11) is 0. The molecular weight excluding hydrogens is 372 g/mol. The lowest BCUT2D eigenvalue weighted by atomic mass is 10.4. The van der Waals surface area contributed by atoms with Gasteiger partial charge < -0.3 is 11.5 Å². The van der Waals surface area contributed by atoms with Crippen LogP contribution < -0.4 is 11.5 Å². The predicted molar refractivity (Wildman–Crippen MR) is 110 cm³/mol. The first-order valence-electron chi connectivity index (χ1n) is 4.49. The molecular formula is C13H30N4O6S2. The van der Waals surface area contributed by atoms with E-state index in [1.54, 1.807) is 0 Å². The second-order valence-corrected chi connectivity index (χ2v) is 3.23. The van der Waals surface area contributed by atoms with Crippen LogP contribution in [0.3, 0.4) is 0 Å². The quantitative estimate of drug-likeness (QED) is 0.424. The van der Waals surface area contributed by atoms with Gasteiger partial charge in [-0.1, -0.05) is 73.5 Å². The van der Waals surface area contributed by atoms with Gasteiger partial charge in [-0.25, -0.2) is 9.68 Å². The fraction of sp³-hybridized carbons (Fsp3) is 0.385. The Bertz CT molecular complexity index is 373. The molecule has 1 rings (SSSR count). The van der Waals surface area contributed by atoms with Crippen LogP contribution in [0.5, 0.6) is 0 Å². The molecule has 1 aromatic rings. The maximum absolute atomic E-state index is 9.23. The maximum Gasteiger partial charge on any atom is 0.302 e. The van der Waals surface area contributed by atoms with Crippen LogP contribution in [0, 0.1) is 20.2 Å². The summed E-state index contributed by atoms with van der Waals surface area (Å²) in [5.74, 6) is 0. The van der Waals surface area contributed by atoms with Crippen molar-refractivity contribution < 1.29 is 19.8 Å². The van der Waals surface area contributed by atoms with Crippen molar-refractivity contribution in [3.05, 3.63) is 56.6 Å². The summed E-state index contributed by atoms with van der Waals surface area (Å²) in [6.07, 6.45) is 0. The molecule has 0 unspecified atom stereocenters. The largest absolute Gasteiger partial charge is 0.371 e. The zero-order valence-electron chi connectivity index (χ0n) is 9.78. The van der Waals surface area contributed by atoms with E-state index < -0.39 is 20.5 Å². The molecule has 0 spiro atoms. The zero-order chi connectivity index (χ0) is 16.0. The van der Waals surface area contributed by atoms with Gasteiger partial charge in [-0.15, -0.1) is 20.2 Å². The van der Waals surface area contributed by atoms with Crippen molar-refractivity contribution in [3.8, 4) is 0 Å². The van der Waals surface area contributed by atoms with Crippen LogP contribution in [0.2, 0.25) is 0 Å². The van der Waals surface area contributed by atoms with Crippen LogP contribution in [0.1, 0.15) is 37.1 Å². The van der Waals surface area contributed by atoms with E-state index in [2.05, 4.69) is 45.6 Å². The zero-order valence-corrected chi connectivity index (χ0v) is 11.4. The minimum atomic E-state index is -1.07. The van der Waals surface area contributed by atoms with Crippen LogP contribution in [0.25, 0.3) is 0 Å². The van der Waals surface area contributed by atoms with Crippen molar-refractivity contribution in [2.75, 3.05) is 0 Å². The SMILES string of the molecule is C.C.C.C.C.NC(=S)O[N+](=O)[O-].NC(=S)O[N+](=O)[O-].c1ccccc1. The van der Waals surface area contributed by atoms with Gasteiger partial charge in [0.1, 0.15) is 0 Å². The van der Waals surface area contributed by atoms with E-state index in [-0.39, 0.29) is 37.1 Å². The normalized spacial score (nSPS) is 6.08. The number of thiocarbonyl (C=S) groups is 2. The maximum atomic E-state index is 9.23. The summed E-state index contributed by atoms with van der Waals surface area (Å²) >= 11 is 7.97. The van der Waals surface area contributed by atoms with Crippen molar-refractivity contribution >= 4 is 34.8 Å².